The highest BCUT2D eigenvalue weighted by molar-refractivity contribution is 6.02. The maximum atomic E-state index is 12.2. The van der Waals surface area contributed by atoms with Crippen molar-refractivity contribution in [2.24, 2.45) is 0 Å². The molecular weight excluding hydrogens is 328 g/mol. The molecule has 0 aliphatic carbocycles. The van der Waals surface area contributed by atoms with Gasteiger partial charge in [-0.2, -0.15) is 0 Å². The van der Waals surface area contributed by atoms with Crippen LogP contribution >= 0.6 is 0 Å². The van der Waals surface area contributed by atoms with Gasteiger partial charge in [-0.15, -0.1) is 0 Å². The largest absolute Gasteiger partial charge is 0.465 e. The molecule has 26 heavy (non-hydrogen) atoms. The van der Waals surface area contributed by atoms with Crippen LogP contribution in [0.3, 0.4) is 0 Å². The third-order valence-corrected chi connectivity index (χ3v) is 3.65. The van der Waals surface area contributed by atoms with Crippen molar-refractivity contribution in [2.45, 2.75) is 6.54 Å². The van der Waals surface area contributed by atoms with E-state index in [0.717, 1.165) is 5.56 Å². The fourth-order valence-corrected chi connectivity index (χ4v) is 2.31. The Balaban J connectivity index is 1.52. The average Bonchev–Trinajstić information content (AvgIpc) is 3.19. The summed E-state index contributed by atoms with van der Waals surface area (Å²) in [7, 11) is 0. The molecule has 2 amide bonds. The lowest BCUT2D eigenvalue weighted by atomic mass is 10.1. The molecule has 1 heterocycles. The van der Waals surface area contributed by atoms with Crippen molar-refractivity contribution in [3.05, 3.63) is 96.0 Å². The van der Waals surface area contributed by atoms with E-state index in [1.165, 1.54) is 6.08 Å². The fourth-order valence-electron chi connectivity index (χ4n) is 2.31. The van der Waals surface area contributed by atoms with Gasteiger partial charge in [-0.1, -0.05) is 30.3 Å². The molecule has 3 aromatic rings. The minimum absolute atomic E-state index is 0.163. The monoisotopic (exact) mass is 346 g/mol. The summed E-state index contributed by atoms with van der Waals surface area (Å²) in [4.78, 5) is 24.0. The first-order valence-corrected chi connectivity index (χ1v) is 8.15. The normalized spacial score (nSPS) is 10.6. The maximum absolute atomic E-state index is 12.2. The molecular formula is C21H18N2O3. The summed E-state index contributed by atoms with van der Waals surface area (Å²) in [5, 5.41) is 5.59. The zero-order valence-electron chi connectivity index (χ0n) is 14.0. The van der Waals surface area contributed by atoms with E-state index < -0.39 is 0 Å². The molecule has 5 nitrogen and oxygen atoms in total. The second-order valence-corrected chi connectivity index (χ2v) is 5.58. The molecule has 2 aromatic carbocycles. The lowest BCUT2D eigenvalue weighted by Gasteiger charge is -2.07. The predicted octanol–water partition coefficient (Wildman–Crippen LogP) is 3.86. The smallest absolute Gasteiger partial charge is 0.251 e. The van der Waals surface area contributed by atoms with Gasteiger partial charge in [0.15, 0.2) is 0 Å². The predicted molar refractivity (Wildman–Crippen MR) is 100 cm³/mol. The molecule has 0 saturated heterocycles. The first-order valence-electron chi connectivity index (χ1n) is 8.15. The molecule has 0 bridgehead atoms. The van der Waals surface area contributed by atoms with Crippen LogP contribution in [0.15, 0.2) is 83.5 Å². The molecule has 0 aliphatic rings. The van der Waals surface area contributed by atoms with Gasteiger partial charge in [0.1, 0.15) is 5.76 Å². The van der Waals surface area contributed by atoms with Crippen LogP contribution in [0.5, 0.6) is 0 Å². The quantitative estimate of drug-likeness (QED) is 0.666. The van der Waals surface area contributed by atoms with Crippen LogP contribution < -0.4 is 10.6 Å². The first kappa shape index (κ1) is 17.2. The van der Waals surface area contributed by atoms with E-state index in [4.69, 9.17) is 4.42 Å². The van der Waals surface area contributed by atoms with E-state index in [-0.39, 0.29) is 11.8 Å². The van der Waals surface area contributed by atoms with Crippen LogP contribution in [0, 0.1) is 0 Å². The van der Waals surface area contributed by atoms with Crippen molar-refractivity contribution in [1.29, 1.82) is 0 Å². The summed E-state index contributed by atoms with van der Waals surface area (Å²) < 4.78 is 5.12. The zero-order valence-corrected chi connectivity index (χ0v) is 14.0. The minimum Gasteiger partial charge on any atom is -0.465 e. The van der Waals surface area contributed by atoms with Gasteiger partial charge in [-0.05, 0) is 48.0 Å². The third kappa shape index (κ3) is 4.95. The second-order valence-electron chi connectivity index (χ2n) is 5.58. The van der Waals surface area contributed by atoms with Gasteiger partial charge in [0.2, 0.25) is 5.91 Å². The van der Waals surface area contributed by atoms with Gasteiger partial charge in [-0.3, -0.25) is 9.59 Å². The van der Waals surface area contributed by atoms with E-state index >= 15 is 0 Å². The zero-order chi connectivity index (χ0) is 18.2. The molecule has 1 aromatic heterocycles. The minimum atomic E-state index is -0.275. The lowest BCUT2D eigenvalue weighted by Crippen LogP contribution is -2.22. The van der Waals surface area contributed by atoms with Crippen LogP contribution in [0.25, 0.3) is 6.08 Å². The van der Waals surface area contributed by atoms with Crippen LogP contribution in [-0.4, -0.2) is 11.8 Å². The van der Waals surface area contributed by atoms with Crippen LogP contribution in [-0.2, 0) is 11.3 Å². The molecule has 0 saturated carbocycles. The summed E-state index contributed by atoms with van der Waals surface area (Å²) in [6.45, 7) is 0.468. The highest BCUT2D eigenvalue weighted by atomic mass is 16.3. The van der Waals surface area contributed by atoms with Gasteiger partial charge in [-0.25, -0.2) is 0 Å². The van der Waals surface area contributed by atoms with Crippen molar-refractivity contribution in [3.8, 4) is 0 Å². The average molecular weight is 346 g/mol. The van der Waals surface area contributed by atoms with Gasteiger partial charge in [0.05, 0.1) is 6.26 Å². The molecule has 0 spiro atoms. The van der Waals surface area contributed by atoms with Crippen molar-refractivity contribution < 1.29 is 14.0 Å². The Kier molecular flexibility index (Phi) is 5.62. The Morgan fingerprint density at radius 3 is 2.38 bits per heavy atom. The number of carbonyl (C=O) groups is 2. The van der Waals surface area contributed by atoms with Gasteiger partial charge < -0.3 is 15.1 Å². The highest BCUT2D eigenvalue weighted by Gasteiger charge is 2.06. The number of carbonyl (C=O) groups excluding carboxylic acids is 2. The number of hydrogen-bond donors (Lipinski definition) is 2. The van der Waals surface area contributed by atoms with Gasteiger partial charge >= 0.3 is 0 Å². The molecule has 0 atom stereocenters. The van der Waals surface area contributed by atoms with Gasteiger partial charge in [0, 0.05) is 23.9 Å². The second kappa shape index (κ2) is 8.48. The first-order chi connectivity index (χ1) is 12.7. The topological polar surface area (TPSA) is 71.3 Å². The van der Waals surface area contributed by atoms with Crippen LogP contribution in [0.1, 0.15) is 21.7 Å². The van der Waals surface area contributed by atoms with Crippen molar-refractivity contribution in [2.75, 3.05) is 5.32 Å². The maximum Gasteiger partial charge on any atom is 0.251 e. The molecule has 0 aliphatic heterocycles. The molecule has 5 heteroatoms. The van der Waals surface area contributed by atoms with E-state index in [2.05, 4.69) is 10.6 Å². The van der Waals surface area contributed by atoms with E-state index in [9.17, 15) is 9.59 Å². The molecule has 0 unspecified atom stereocenters. The Morgan fingerprint density at radius 1 is 0.923 bits per heavy atom. The Hall–Kier alpha value is -3.60. The Labute approximate surface area is 151 Å². The van der Waals surface area contributed by atoms with Crippen molar-refractivity contribution in [1.82, 2.24) is 5.32 Å². The standard InChI is InChI=1S/C21H18N2O3/c24-20(13-12-19-7-4-14-26-19)23-18-10-8-17(9-11-18)21(25)22-15-16-5-2-1-3-6-16/h1-14H,15H2,(H,22,25)(H,23,24)/b13-12+. The number of hydrogen-bond acceptors (Lipinski definition) is 3. The highest BCUT2D eigenvalue weighted by Crippen LogP contribution is 2.10. The van der Waals surface area contributed by atoms with Crippen molar-refractivity contribution >= 4 is 23.6 Å². The van der Waals surface area contributed by atoms with E-state index in [1.54, 1.807) is 48.7 Å². The fraction of sp³-hybridized carbons (Fsp3) is 0.0476. The molecule has 0 radical (unpaired) electrons. The molecule has 3 rings (SSSR count). The summed E-state index contributed by atoms with van der Waals surface area (Å²) >= 11 is 0. The lowest BCUT2D eigenvalue weighted by molar-refractivity contribution is -0.111. The van der Waals surface area contributed by atoms with Crippen LogP contribution in [0.4, 0.5) is 5.69 Å². The molecule has 0 fully saturated rings. The molecule has 130 valence electrons. The number of nitrogens with one attached hydrogen (secondary N) is 2. The molecule has 2 N–H and O–H groups in total. The number of benzene rings is 2. The van der Waals surface area contributed by atoms with Crippen LogP contribution in [0.2, 0.25) is 0 Å². The van der Waals surface area contributed by atoms with Gasteiger partial charge in [0.25, 0.3) is 5.91 Å². The van der Waals surface area contributed by atoms with E-state index in [1.807, 2.05) is 30.3 Å². The SMILES string of the molecule is O=C(/C=C/c1ccco1)Nc1ccc(C(=O)NCc2ccccc2)cc1. The number of anilines is 1. The Morgan fingerprint density at radius 2 is 1.69 bits per heavy atom. The Bertz CT molecular complexity index is 883. The van der Waals surface area contributed by atoms with Crippen molar-refractivity contribution in [3.63, 3.8) is 0 Å². The summed E-state index contributed by atoms with van der Waals surface area (Å²) in [6, 6.07) is 19.9. The number of furan rings is 1. The van der Waals surface area contributed by atoms with E-state index in [0.29, 0.717) is 23.6 Å². The number of amides is 2. The summed E-state index contributed by atoms with van der Waals surface area (Å²) in [5.41, 5.74) is 2.18. The number of rotatable bonds is 6. The summed E-state index contributed by atoms with van der Waals surface area (Å²) in [5.74, 6) is 0.165. The summed E-state index contributed by atoms with van der Waals surface area (Å²) in [6.07, 6.45) is 4.51. The third-order valence-electron chi connectivity index (χ3n) is 3.65.